The van der Waals surface area contributed by atoms with Crippen molar-refractivity contribution in [3.05, 3.63) is 12.0 Å². The largest absolute Gasteiger partial charge is 0.554 e. The van der Waals surface area contributed by atoms with Crippen molar-refractivity contribution in [2.24, 2.45) is 0 Å². The lowest BCUT2D eigenvalue weighted by atomic mass is 9.90. The normalized spacial score (nSPS) is 22.5. The summed E-state index contributed by atoms with van der Waals surface area (Å²) in [7, 11) is -1.02. The molecule has 1 aromatic rings. The Hall–Kier alpha value is -1.02. The summed E-state index contributed by atoms with van der Waals surface area (Å²) in [5, 5.41) is 0. The lowest BCUT2D eigenvalue weighted by molar-refractivity contribution is -0.141. The van der Waals surface area contributed by atoms with Crippen molar-refractivity contribution >= 4 is 12.9 Å². The maximum absolute atomic E-state index is 12.4. The van der Waals surface area contributed by atoms with Crippen LogP contribution in [0.25, 0.3) is 0 Å². The molecular weight excluding hydrogens is 250 g/mol. The molecule has 0 aliphatic carbocycles. The zero-order valence-electron chi connectivity index (χ0n) is 10.5. The van der Waals surface area contributed by atoms with Gasteiger partial charge in [0.05, 0.1) is 11.2 Å². The molecule has 0 amide bonds. The van der Waals surface area contributed by atoms with Crippen LogP contribution in [0.5, 0.6) is 0 Å². The van der Waals surface area contributed by atoms with Gasteiger partial charge in [-0.1, -0.05) is 0 Å². The third kappa shape index (κ3) is 2.14. The first-order valence-corrected chi connectivity index (χ1v) is 5.41. The first kappa shape index (κ1) is 13.4. The Balaban J connectivity index is 2.23. The van der Waals surface area contributed by atoms with Gasteiger partial charge in [0.15, 0.2) is 5.69 Å². The highest BCUT2D eigenvalue weighted by molar-refractivity contribution is 6.59. The van der Waals surface area contributed by atoms with Crippen LogP contribution in [0.3, 0.4) is 0 Å². The van der Waals surface area contributed by atoms with E-state index in [1.807, 2.05) is 0 Å². The van der Waals surface area contributed by atoms with E-state index < -0.39 is 30.2 Å². The van der Waals surface area contributed by atoms with Crippen LogP contribution in [0.4, 0.5) is 13.2 Å². The summed E-state index contributed by atoms with van der Waals surface area (Å²) < 4.78 is 53.0. The van der Waals surface area contributed by atoms with E-state index in [0.717, 1.165) is 0 Å². The van der Waals surface area contributed by atoms with Crippen LogP contribution < -0.4 is 5.79 Å². The molecule has 1 aliphatic rings. The fraction of sp³-hybridized carbons (Fsp3) is 0.700. The van der Waals surface area contributed by atoms with Crippen LogP contribution in [-0.2, 0) is 15.5 Å². The van der Waals surface area contributed by atoms with E-state index in [1.165, 1.54) is 0 Å². The zero-order chi connectivity index (χ0) is 13.8. The van der Waals surface area contributed by atoms with Gasteiger partial charge in [0, 0.05) is 0 Å². The Bertz CT molecular complexity index is 439. The molecule has 0 bridgehead atoms. The molecule has 18 heavy (non-hydrogen) atoms. The van der Waals surface area contributed by atoms with E-state index in [1.54, 1.807) is 27.7 Å². The molecular formula is C10H13BF3NO3. The van der Waals surface area contributed by atoms with Gasteiger partial charge in [-0.3, -0.25) is 0 Å². The van der Waals surface area contributed by atoms with Crippen molar-refractivity contribution in [1.82, 2.24) is 4.98 Å². The summed E-state index contributed by atoms with van der Waals surface area (Å²) in [5.41, 5.74) is -2.39. The number of nitrogens with zero attached hydrogens (tertiary/aromatic N) is 1. The average molecular weight is 263 g/mol. The van der Waals surface area contributed by atoms with E-state index in [9.17, 15) is 13.2 Å². The van der Waals surface area contributed by atoms with Gasteiger partial charge < -0.3 is 13.7 Å². The molecule has 1 fully saturated rings. The van der Waals surface area contributed by atoms with Gasteiger partial charge in [0.2, 0.25) is 5.79 Å². The van der Waals surface area contributed by atoms with Gasteiger partial charge in [-0.25, -0.2) is 4.98 Å². The zero-order valence-corrected chi connectivity index (χ0v) is 10.5. The van der Waals surface area contributed by atoms with Crippen LogP contribution in [0, 0.1) is 0 Å². The number of hydrogen-bond acceptors (Lipinski definition) is 4. The maximum Gasteiger partial charge on any atom is 0.554 e. The number of aromatic nitrogens is 1. The van der Waals surface area contributed by atoms with Gasteiger partial charge in [0.25, 0.3) is 0 Å². The van der Waals surface area contributed by atoms with Crippen molar-refractivity contribution < 1.29 is 26.9 Å². The molecule has 1 saturated heterocycles. The maximum atomic E-state index is 12.4. The topological polar surface area (TPSA) is 44.5 Å². The van der Waals surface area contributed by atoms with Crippen molar-refractivity contribution in [3.63, 3.8) is 0 Å². The molecule has 0 radical (unpaired) electrons. The summed E-state index contributed by atoms with van der Waals surface area (Å²) in [4.78, 5) is 3.35. The first-order valence-electron chi connectivity index (χ1n) is 5.41. The Morgan fingerprint density at radius 2 is 1.61 bits per heavy atom. The molecule has 0 atom stereocenters. The highest BCUT2D eigenvalue weighted by Gasteiger charge is 2.54. The standard InChI is InChI=1S/C10H13BF3NO3/c1-8(2)9(3,4)18-11(17-8)7-15-6(5-16-7)10(12,13)14/h5H,1-4H3. The number of halogens is 3. The smallest absolute Gasteiger partial charge is 0.451 e. The average Bonchev–Trinajstić information content (AvgIpc) is 2.69. The quantitative estimate of drug-likeness (QED) is 0.727. The molecule has 8 heteroatoms. The van der Waals surface area contributed by atoms with E-state index in [2.05, 4.69) is 4.98 Å². The number of alkyl halides is 3. The van der Waals surface area contributed by atoms with Crippen LogP contribution in [0.15, 0.2) is 10.7 Å². The lowest BCUT2D eigenvalue weighted by Crippen LogP contribution is -2.41. The molecule has 0 spiro atoms. The van der Waals surface area contributed by atoms with Crippen LogP contribution >= 0.6 is 0 Å². The second-order valence-corrected chi connectivity index (χ2v) is 5.16. The van der Waals surface area contributed by atoms with Crippen LogP contribution in [0.1, 0.15) is 33.4 Å². The second kappa shape index (κ2) is 3.74. The SMILES string of the molecule is CC1(C)OB(c2nc(C(F)(F)F)co2)OC1(C)C. The van der Waals surface area contributed by atoms with Crippen molar-refractivity contribution in [3.8, 4) is 0 Å². The predicted molar refractivity (Wildman–Crippen MR) is 57.2 cm³/mol. The van der Waals surface area contributed by atoms with Crippen molar-refractivity contribution in [2.75, 3.05) is 0 Å². The fourth-order valence-corrected chi connectivity index (χ4v) is 1.47. The summed E-state index contributed by atoms with van der Waals surface area (Å²) in [6, 6.07) is 0. The predicted octanol–water partition coefficient (Wildman–Crippen LogP) is 1.99. The summed E-state index contributed by atoms with van der Waals surface area (Å²) in [6.45, 7) is 7.17. The first-order chi connectivity index (χ1) is 8.03. The van der Waals surface area contributed by atoms with Gasteiger partial charge in [-0.2, -0.15) is 13.2 Å². The van der Waals surface area contributed by atoms with Gasteiger partial charge in [0.1, 0.15) is 6.26 Å². The molecule has 2 heterocycles. The summed E-state index contributed by atoms with van der Waals surface area (Å²) in [5.74, 6) is -0.221. The third-order valence-corrected chi connectivity index (χ3v) is 3.27. The molecule has 1 aliphatic heterocycles. The van der Waals surface area contributed by atoms with Crippen LogP contribution in [-0.4, -0.2) is 23.3 Å². The second-order valence-electron chi connectivity index (χ2n) is 5.16. The summed E-state index contributed by atoms with van der Waals surface area (Å²) in [6.07, 6.45) is -3.98. The number of oxazole rings is 1. The minimum absolute atomic E-state index is 0.221. The Labute approximate surface area is 103 Å². The van der Waals surface area contributed by atoms with Gasteiger partial charge >= 0.3 is 13.3 Å². The van der Waals surface area contributed by atoms with Gasteiger partial charge in [-0.05, 0) is 27.7 Å². The molecule has 1 aromatic heterocycles. The van der Waals surface area contributed by atoms with Crippen molar-refractivity contribution in [1.29, 1.82) is 0 Å². The molecule has 0 unspecified atom stereocenters. The number of hydrogen-bond donors (Lipinski definition) is 0. The molecule has 4 nitrogen and oxygen atoms in total. The highest BCUT2D eigenvalue weighted by atomic mass is 19.4. The highest BCUT2D eigenvalue weighted by Crippen LogP contribution is 2.36. The van der Waals surface area contributed by atoms with E-state index >= 15 is 0 Å². The minimum Gasteiger partial charge on any atom is -0.451 e. The number of rotatable bonds is 1. The Morgan fingerprint density at radius 1 is 1.11 bits per heavy atom. The monoisotopic (exact) mass is 263 g/mol. The fourth-order valence-electron chi connectivity index (χ4n) is 1.47. The molecule has 0 saturated carbocycles. The molecule has 2 rings (SSSR count). The molecule has 100 valence electrons. The van der Waals surface area contributed by atoms with Crippen LogP contribution in [0.2, 0.25) is 0 Å². The minimum atomic E-state index is -4.54. The third-order valence-electron chi connectivity index (χ3n) is 3.27. The van der Waals surface area contributed by atoms with E-state index in [4.69, 9.17) is 13.7 Å². The van der Waals surface area contributed by atoms with E-state index in [0.29, 0.717) is 6.26 Å². The Kier molecular flexibility index (Phi) is 2.79. The van der Waals surface area contributed by atoms with Gasteiger partial charge in [-0.15, -0.1) is 0 Å². The Morgan fingerprint density at radius 3 is 2.00 bits per heavy atom. The molecule has 0 aromatic carbocycles. The van der Waals surface area contributed by atoms with Crippen molar-refractivity contribution in [2.45, 2.75) is 45.1 Å². The lowest BCUT2D eigenvalue weighted by Gasteiger charge is -2.32. The molecule has 0 N–H and O–H groups in total. The summed E-state index contributed by atoms with van der Waals surface area (Å²) >= 11 is 0. The van der Waals surface area contributed by atoms with E-state index in [-0.39, 0.29) is 5.79 Å².